The molecule has 2 heterocycles. The fraction of sp³-hybridized carbons (Fsp3) is 0.0769. The van der Waals surface area contributed by atoms with E-state index in [1.807, 2.05) is 0 Å². The maximum atomic E-state index is 11.9. The van der Waals surface area contributed by atoms with Crippen LogP contribution in [-0.2, 0) is 11.8 Å². The van der Waals surface area contributed by atoms with Crippen molar-refractivity contribution >= 4 is 23.8 Å². The minimum Gasteiger partial charge on any atom is -0.478 e. The number of carbonyl (C=O) groups excluding carboxylic acids is 1. The fourth-order valence-corrected chi connectivity index (χ4v) is 1.50. The predicted octanol–water partition coefficient (Wildman–Crippen LogP) is 1.17. The Morgan fingerprint density at radius 1 is 1.40 bits per heavy atom. The van der Waals surface area contributed by atoms with Crippen molar-refractivity contribution in [1.82, 2.24) is 14.8 Å². The van der Waals surface area contributed by atoms with Crippen LogP contribution in [0.3, 0.4) is 0 Å². The second-order valence-electron chi connectivity index (χ2n) is 3.98. The van der Waals surface area contributed by atoms with Gasteiger partial charge < -0.3 is 10.4 Å². The van der Waals surface area contributed by atoms with E-state index in [1.54, 1.807) is 31.4 Å². The van der Waals surface area contributed by atoms with Crippen molar-refractivity contribution in [3.05, 3.63) is 47.9 Å². The van der Waals surface area contributed by atoms with E-state index in [-0.39, 0.29) is 5.91 Å². The summed E-state index contributed by atoms with van der Waals surface area (Å²) in [5, 5.41) is 15.1. The van der Waals surface area contributed by atoms with E-state index in [0.29, 0.717) is 17.1 Å². The van der Waals surface area contributed by atoms with Crippen LogP contribution in [0.25, 0.3) is 6.08 Å². The lowest BCUT2D eigenvalue weighted by molar-refractivity contribution is -0.131. The Labute approximate surface area is 114 Å². The van der Waals surface area contributed by atoms with E-state index >= 15 is 0 Å². The number of aromatic nitrogens is 3. The third-order valence-electron chi connectivity index (χ3n) is 2.38. The van der Waals surface area contributed by atoms with Crippen molar-refractivity contribution in [2.45, 2.75) is 0 Å². The number of amides is 1. The van der Waals surface area contributed by atoms with Crippen molar-refractivity contribution < 1.29 is 14.7 Å². The summed E-state index contributed by atoms with van der Waals surface area (Å²) in [6.07, 6.45) is 5.37. The van der Waals surface area contributed by atoms with E-state index in [9.17, 15) is 9.59 Å². The lowest BCUT2D eigenvalue weighted by Gasteiger charge is -2.03. The topological polar surface area (TPSA) is 97.1 Å². The molecule has 2 aromatic heterocycles. The number of rotatable bonds is 4. The zero-order valence-corrected chi connectivity index (χ0v) is 10.6. The number of nitrogens with one attached hydrogen (secondary N) is 1. The summed E-state index contributed by atoms with van der Waals surface area (Å²) in [6, 6.07) is 4.93. The molecule has 2 N–H and O–H groups in total. The van der Waals surface area contributed by atoms with E-state index in [2.05, 4.69) is 15.4 Å². The molecule has 0 saturated heterocycles. The van der Waals surface area contributed by atoms with Gasteiger partial charge in [-0.25, -0.2) is 9.78 Å². The number of aliphatic carboxylic acids is 1. The molecule has 0 atom stereocenters. The molecule has 2 aromatic rings. The number of hydrogen-bond donors (Lipinski definition) is 2. The number of anilines is 1. The van der Waals surface area contributed by atoms with Crippen molar-refractivity contribution in [2.75, 3.05) is 5.32 Å². The summed E-state index contributed by atoms with van der Waals surface area (Å²) in [5.41, 5.74) is 0.858. The molecule has 7 nitrogen and oxygen atoms in total. The number of carboxylic acid groups (broad SMARTS) is 1. The second kappa shape index (κ2) is 5.79. The van der Waals surface area contributed by atoms with Crippen molar-refractivity contribution in [3.8, 4) is 0 Å². The Hall–Kier alpha value is -2.96. The number of carboxylic acids is 1. The molecule has 0 fully saturated rings. The highest BCUT2D eigenvalue weighted by molar-refractivity contribution is 6.03. The van der Waals surface area contributed by atoms with Gasteiger partial charge in [-0.2, -0.15) is 5.10 Å². The highest BCUT2D eigenvalue weighted by Crippen LogP contribution is 2.08. The first-order chi connectivity index (χ1) is 9.54. The van der Waals surface area contributed by atoms with Crippen LogP contribution in [-0.4, -0.2) is 31.7 Å². The van der Waals surface area contributed by atoms with Gasteiger partial charge in [-0.3, -0.25) is 9.48 Å². The fourth-order valence-electron chi connectivity index (χ4n) is 1.50. The van der Waals surface area contributed by atoms with Gasteiger partial charge in [0, 0.05) is 19.3 Å². The van der Waals surface area contributed by atoms with E-state index in [1.165, 1.54) is 17.0 Å². The molecule has 0 aliphatic carbocycles. The van der Waals surface area contributed by atoms with Gasteiger partial charge in [0.05, 0.1) is 17.5 Å². The van der Waals surface area contributed by atoms with Crippen LogP contribution < -0.4 is 5.32 Å². The van der Waals surface area contributed by atoms with Crippen molar-refractivity contribution in [1.29, 1.82) is 0 Å². The van der Waals surface area contributed by atoms with Gasteiger partial charge in [0.15, 0.2) is 0 Å². The van der Waals surface area contributed by atoms with E-state index in [0.717, 1.165) is 6.08 Å². The zero-order chi connectivity index (χ0) is 14.5. The normalized spacial score (nSPS) is 10.7. The maximum absolute atomic E-state index is 11.9. The smallest absolute Gasteiger partial charge is 0.328 e. The minimum atomic E-state index is -1.06. The summed E-state index contributed by atoms with van der Waals surface area (Å²) in [7, 11) is 1.71. The first kappa shape index (κ1) is 13.5. The quantitative estimate of drug-likeness (QED) is 0.814. The van der Waals surface area contributed by atoms with Crippen LogP contribution in [0.4, 0.5) is 5.82 Å². The largest absolute Gasteiger partial charge is 0.478 e. The summed E-state index contributed by atoms with van der Waals surface area (Å²) in [5.74, 6) is -1.05. The first-order valence-electron chi connectivity index (χ1n) is 5.72. The first-order valence-corrected chi connectivity index (χ1v) is 5.72. The Kier molecular flexibility index (Phi) is 3.90. The average molecular weight is 272 g/mol. The van der Waals surface area contributed by atoms with Crippen LogP contribution in [0.15, 0.2) is 36.7 Å². The molecule has 2 rings (SSSR count). The lowest BCUT2D eigenvalue weighted by Crippen LogP contribution is -2.12. The molecule has 20 heavy (non-hydrogen) atoms. The predicted molar refractivity (Wildman–Crippen MR) is 72.1 cm³/mol. The standard InChI is InChI=1S/C13H12N4O3/c1-17-8-9(7-14-17)13(20)16-11-4-2-3-10(15-11)5-6-12(18)19/h2-8H,1H3,(H,18,19)(H,15,16,20). The van der Waals surface area contributed by atoms with E-state index < -0.39 is 5.97 Å². The molecule has 1 amide bonds. The molecule has 0 aliphatic rings. The highest BCUT2D eigenvalue weighted by atomic mass is 16.4. The molecule has 0 unspecified atom stereocenters. The number of aryl methyl sites for hydroxylation is 1. The summed E-state index contributed by atoms with van der Waals surface area (Å²) in [6.45, 7) is 0. The Balaban J connectivity index is 2.11. The summed E-state index contributed by atoms with van der Waals surface area (Å²) < 4.78 is 1.52. The molecule has 0 spiro atoms. The molecule has 7 heteroatoms. The third kappa shape index (κ3) is 3.52. The summed E-state index contributed by atoms with van der Waals surface area (Å²) in [4.78, 5) is 26.4. The van der Waals surface area contributed by atoms with Gasteiger partial charge >= 0.3 is 5.97 Å². The number of nitrogens with zero attached hydrogens (tertiary/aromatic N) is 3. The van der Waals surface area contributed by atoms with Crippen LogP contribution in [0.5, 0.6) is 0 Å². The highest BCUT2D eigenvalue weighted by Gasteiger charge is 2.08. The maximum Gasteiger partial charge on any atom is 0.328 e. The van der Waals surface area contributed by atoms with Gasteiger partial charge in [0.1, 0.15) is 5.82 Å². The van der Waals surface area contributed by atoms with Gasteiger partial charge in [-0.05, 0) is 18.2 Å². The molecule has 0 bridgehead atoms. The Morgan fingerprint density at radius 2 is 2.20 bits per heavy atom. The SMILES string of the molecule is Cn1cc(C(=O)Nc2cccc(C=CC(=O)O)n2)cn1. The molecule has 102 valence electrons. The van der Waals surface area contributed by atoms with Gasteiger partial charge in [0.2, 0.25) is 0 Å². The molecule has 0 saturated carbocycles. The van der Waals surface area contributed by atoms with Crippen molar-refractivity contribution in [2.24, 2.45) is 7.05 Å². The molecule has 0 aromatic carbocycles. The third-order valence-corrected chi connectivity index (χ3v) is 2.38. The van der Waals surface area contributed by atoms with Crippen LogP contribution in [0.1, 0.15) is 16.1 Å². The monoisotopic (exact) mass is 272 g/mol. The van der Waals surface area contributed by atoms with Gasteiger partial charge in [0.25, 0.3) is 5.91 Å². The number of pyridine rings is 1. The molecular weight excluding hydrogens is 260 g/mol. The van der Waals surface area contributed by atoms with E-state index in [4.69, 9.17) is 5.11 Å². The molecular formula is C13H12N4O3. The molecule has 0 radical (unpaired) electrons. The second-order valence-corrected chi connectivity index (χ2v) is 3.98. The average Bonchev–Trinajstić information content (AvgIpc) is 2.84. The molecule has 0 aliphatic heterocycles. The summed E-state index contributed by atoms with van der Waals surface area (Å²) >= 11 is 0. The van der Waals surface area contributed by atoms with Crippen molar-refractivity contribution in [3.63, 3.8) is 0 Å². The minimum absolute atomic E-state index is 0.329. The number of hydrogen-bond acceptors (Lipinski definition) is 4. The zero-order valence-electron chi connectivity index (χ0n) is 10.6. The van der Waals surface area contributed by atoms with Gasteiger partial charge in [-0.1, -0.05) is 6.07 Å². The number of carbonyl (C=O) groups is 2. The van der Waals surface area contributed by atoms with Crippen LogP contribution >= 0.6 is 0 Å². The van der Waals surface area contributed by atoms with Crippen LogP contribution in [0.2, 0.25) is 0 Å². The van der Waals surface area contributed by atoms with Crippen LogP contribution in [0, 0.1) is 0 Å². The van der Waals surface area contributed by atoms with Gasteiger partial charge in [-0.15, -0.1) is 0 Å². The lowest BCUT2D eigenvalue weighted by atomic mass is 10.3. The Morgan fingerprint density at radius 3 is 2.85 bits per heavy atom. The Bertz CT molecular complexity index is 676.